The van der Waals surface area contributed by atoms with Gasteiger partial charge in [0, 0.05) is 6.54 Å². The summed E-state index contributed by atoms with van der Waals surface area (Å²) >= 11 is 0. The minimum Gasteiger partial charge on any atom is -0.424 e. The summed E-state index contributed by atoms with van der Waals surface area (Å²) in [5.41, 5.74) is 2.02. The first kappa shape index (κ1) is 12.0. The molecule has 0 spiro atoms. The number of nitrogens with one attached hydrogen (secondary N) is 1. The molecule has 0 aliphatic rings. The summed E-state index contributed by atoms with van der Waals surface area (Å²) in [5, 5.41) is 3.26. The maximum Gasteiger partial charge on any atom is 0.295 e. The number of para-hydroxylation sites is 2. The predicted octanol–water partition coefficient (Wildman–Crippen LogP) is 3.92. The molecule has 1 aromatic carbocycles. The van der Waals surface area contributed by atoms with Crippen LogP contribution in [0.25, 0.3) is 11.1 Å². The highest BCUT2D eigenvalue weighted by atomic mass is 16.4. The van der Waals surface area contributed by atoms with Gasteiger partial charge in [-0.05, 0) is 23.5 Å². The lowest BCUT2D eigenvalue weighted by molar-refractivity contribution is 0.273. The fourth-order valence-corrected chi connectivity index (χ4v) is 1.49. The van der Waals surface area contributed by atoms with Crippen LogP contribution in [-0.4, -0.2) is 11.5 Å². The van der Waals surface area contributed by atoms with Crippen molar-refractivity contribution in [2.45, 2.75) is 27.7 Å². The van der Waals surface area contributed by atoms with Crippen LogP contribution >= 0.6 is 0 Å². The Morgan fingerprint density at radius 1 is 1.29 bits per heavy atom. The Kier molecular flexibility index (Phi) is 3.09. The molecular weight excluding hydrogens is 212 g/mol. The van der Waals surface area contributed by atoms with Crippen molar-refractivity contribution >= 4 is 17.1 Å². The molecule has 2 rings (SSSR count). The third-order valence-corrected chi connectivity index (χ3v) is 3.33. The van der Waals surface area contributed by atoms with Crippen molar-refractivity contribution in [3.05, 3.63) is 24.3 Å². The number of fused-ring (bicyclic) bond motifs is 1. The van der Waals surface area contributed by atoms with Crippen molar-refractivity contribution in [1.82, 2.24) is 4.98 Å². The number of hydrogen-bond acceptors (Lipinski definition) is 3. The van der Waals surface area contributed by atoms with E-state index in [1.54, 1.807) is 0 Å². The zero-order valence-corrected chi connectivity index (χ0v) is 10.9. The number of aromatic nitrogens is 1. The summed E-state index contributed by atoms with van der Waals surface area (Å²) in [5.74, 6) is 0.553. The molecule has 17 heavy (non-hydrogen) atoms. The van der Waals surface area contributed by atoms with Crippen molar-refractivity contribution in [2.75, 3.05) is 11.9 Å². The molecule has 0 bridgehead atoms. The van der Waals surface area contributed by atoms with Crippen LogP contribution in [0.4, 0.5) is 6.01 Å². The third-order valence-electron chi connectivity index (χ3n) is 3.33. The lowest BCUT2D eigenvalue weighted by Crippen LogP contribution is -2.24. The maximum atomic E-state index is 5.61. The number of benzene rings is 1. The van der Waals surface area contributed by atoms with E-state index < -0.39 is 0 Å². The van der Waals surface area contributed by atoms with Gasteiger partial charge in [0.25, 0.3) is 6.01 Å². The van der Waals surface area contributed by atoms with Crippen LogP contribution in [0.5, 0.6) is 0 Å². The zero-order chi connectivity index (χ0) is 12.5. The zero-order valence-electron chi connectivity index (χ0n) is 10.9. The van der Waals surface area contributed by atoms with E-state index >= 15 is 0 Å². The highest BCUT2D eigenvalue weighted by Crippen LogP contribution is 2.26. The Hall–Kier alpha value is -1.51. The van der Waals surface area contributed by atoms with Gasteiger partial charge >= 0.3 is 0 Å². The summed E-state index contributed by atoms with van der Waals surface area (Å²) in [6, 6.07) is 8.42. The fraction of sp³-hybridized carbons (Fsp3) is 0.500. The second kappa shape index (κ2) is 4.40. The average Bonchev–Trinajstić information content (AvgIpc) is 2.66. The summed E-state index contributed by atoms with van der Waals surface area (Å²) in [7, 11) is 0. The maximum absolute atomic E-state index is 5.61. The van der Waals surface area contributed by atoms with Gasteiger partial charge in [-0.15, -0.1) is 0 Å². The van der Waals surface area contributed by atoms with Gasteiger partial charge in [0.2, 0.25) is 0 Å². The van der Waals surface area contributed by atoms with E-state index in [2.05, 4.69) is 38.0 Å². The summed E-state index contributed by atoms with van der Waals surface area (Å²) < 4.78 is 5.61. The molecule has 92 valence electrons. The minimum absolute atomic E-state index is 0.291. The van der Waals surface area contributed by atoms with E-state index in [-0.39, 0.29) is 0 Å². The van der Waals surface area contributed by atoms with Crippen LogP contribution < -0.4 is 5.32 Å². The fourth-order valence-electron chi connectivity index (χ4n) is 1.49. The summed E-state index contributed by atoms with van der Waals surface area (Å²) in [6.07, 6.45) is 0. The Labute approximate surface area is 102 Å². The molecule has 2 aromatic rings. The van der Waals surface area contributed by atoms with Crippen LogP contribution in [-0.2, 0) is 0 Å². The molecule has 0 aliphatic carbocycles. The molecule has 3 nitrogen and oxygen atoms in total. The van der Waals surface area contributed by atoms with Crippen molar-refractivity contribution in [3.63, 3.8) is 0 Å². The molecular formula is C14H20N2O. The predicted molar refractivity (Wildman–Crippen MR) is 71.1 cm³/mol. The molecule has 0 saturated heterocycles. The van der Waals surface area contributed by atoms with Crippen LogP contribution in [0.2, 0.25) is 0 Å². The van der Waals surface area contributed by atoms with Gasteiger partial charge in [-0.2, -0.15) is 4.98 Å². The van der Waals surface area contributed by atoms with Gasteiger partial charge in [0.15, 0.2) is 5.58 Å². The molecule has 3 heteroatoms. The standard InChI is InChI=1S/C14H20N2O/c1-10(14(2,3)4)9-15-13-16-11-7-5-6-8-12(11)17-13/h5-8,10H,9H2,1-4H3,(H,15,16). The van der Waals surface area contributed by atoms with Crippen molar-refractivity contribution in [1.29, 1.82) is 0 Å². The first-order chi connectivity index (χ1) is 7.97. The van der Waals surface area contributed by atoms with Gasteiger partial charge < -0.3 is 9.73 Å². The second-order valence-corrected chi connectivity index (χ2v) is 5.63. The molecule has 1 heterocycles. The number of anilines is 1. The SMILES string of the molecule is CC(CNc1nc2ccccc2o1)C(C)(C)C. The van der Waals surface area contributed by atoms with Crippen molar-refractivity contribution < 1.29 is 4.42 Å². The third kappa shape index (κ3) is 2.78. The number of nitrogens with zero attached hydrogens (tertiary/aromatic N) is 1. The molecule has 0 saturated carbocycles. The lowest BCUT2D eigenvalue weighted by atomic mass is 9.82. The van der Waals surface area contributed by atoms with Crippen LogP contribution in [0.15, 0.2) is 28.7 Å². The Morgan fingerprint density at radius 2 is 2.00 bits per heavy atom. The van der Waals surface area contributed by atoms with E-state index in [0.717, 1.165) is 17.6 Å². The molecule has 1 atom stereocenters. The van der Waals surface area contributed by atoms with Crippen LogP contribution in [0.3, 0.4) is 0 Å². The second-order valence-electron chi connectivity index (χ2n) is 5.63. The normalized spacial score (nSPS) is 13.9. The van der Waals surface area contributed by atoms with E-state index in [4.69, 9.17) is 4.42 Å². The molecule has 1 aromatic heterocycles. The summed E-state index contributed by atoms with van der Waals surface area (Å²) in [4.78, 5) is 4.39. The highest BCUT2D eigenvalue weighted by Gasteiger charge is 2.20. The van der Waals surface area contributed by atoms with Gasteiger partial charge in [-0.1, -0.05) is 39.8 Å². The Bertz CT molecular complexity index is 463. The molecule has 1 N–H and O–H groups in total. The van der Waals surface area contributed by atoms with Crippen molar-refractivity contribution in [2.24, 2.45) is 11.3 Å². The highest BCUT2D eigenvalue weighted by molar-refractivity contribution is 5.74. The van der Waals surface area contributed by atoms with Gasteiger partial charge in [-0.25, -0.2) is 0 Å². The topological polar surface area (TPSA) is 38.1 Å². The van der Waals surface area contributed by atoms with Gasteiger partial charge in [-0.3, -0.25) is 0 Å². The van der Waals surface area contributed by atoms with Crippen LogP contribution in [0.1, 0.15) is 27.7 Å². The lowest BCUT2D eigenvalue weighted by Gasteiger charge is -2.26. The first-order valence-electron chi connectivity index (χ1n) is 6.06. The molecule has 0 amide bonds. The molecule has 0 radical (unpaired) electrons. The monoisotopic (exact) mass is 232 g/mol. The molecule has 0 fully saturated rings. The summed E-state index contributed by atoms with van der Waals surface area (Å²) in [6.45, 7) is 9.83. The van der Waals surface area contributed by atoms with Gasteiger partial charge in [0.05, 0.1) is 0 Å². The van der Waals surface area contributed by atoms with Gasteiger partial charge in [0.1, 0.15) is 5.52 Å². The number of rotatable bonds is 3. The van der Waals surface area contributed by atoms with Crippen molar-refractivity contribution in [3.8, 4) is 0 Å². The van der Waals surface area contributed by atoms with E-state index in [1.165, 1.54) is 0 Å². The number of oxazole rings is 1. The van der Waals surface area contributed by atoms with E-state index in [9.17, 15) is 0 Å². The average molecular weight is 232 g/mol. The first-order valence-corrected chi connectivity index (χ1v) is 6.06. The molecule has 0 aliphatic heterocycles. The number of hydrogen-bond donors (Lipinski definition) is 1. The van der Waals surface area contributed by atoms with E-state index in [1.807, 2.05) is 24.3 Å². The molecule has 1 unspecified atom stereocenters. The van der Waals surface area contributed by atoms with Crippen LogP contribution in [0, 0.1) is 11.3 Å². The minimum atomic E-state index is 0.291. The largest absolute Gasteiger partial charge is 0.424 e. The quantitative estimate of drug-likeness (QED) is 0.871. The Balaban J connectivity index is 2.04. The smallest absolute Gasteiger partial charge is 0.295 e. The Morgan fingerprint density at radius 3 is 2.65 bits per heavy atom. The van der Waals surface area contributed by atoms with E-state index in [0.29, 0.717) is 17.3 Å².